The van der Waals surface area contributed by atoms with Crippen LogP contribution in [0.3, 0.4) is 0 Å². The van der Waals surface area contributed by atoms with E-state index in [0.717, 1.165) is 63.6 Å². The first-order valence-corrected chi connectivity index (χ1v) is 12.7. The van der Waals surface area contributed by atoms with E-state index in [4.69, 9.17) is 9.84 Å². The van der Waals surface area contributed by atoms with Gasteiger partial charge in [-0.1, -0.05) is 36.4 Å². The summed E-state index contributed by atoms with van der Waals surface area (Å²) in [5.41, 5.74) is 5.53. The van der Waals surface area contributed by atoms with Crippen LogP contribution in [0.1, 0.15) is 52.0 Å². The predicted molar refractivity (Wildman–Crippen MR) is 144 cm³/mol. The SMILES string of the molecule is COc1cc(C)c2[nH]ccc2c1CN1CCC(n2cc3ccccc3n2)CC1c1ccccc1C(=O)O. The van der Waals surface area contributed by atoms with Crippen molar-refractivity contribution in [2.24, 2.45) is 0 Å². The summed E-state index contributed by atoms with van der Waals surface area (Å²) in [4.78, 5) is 18.0. The van der Waals surface area contributed by atoms with Crippen molar-refractivity contribution in [2.75, 3.05) is 13.7 Å². The lowest BCUT2D eigenvalue weighted by Gasteiger charge is -2.40. The van der Waals surface area contributed by atoms with Gasteiger partial charge in [0.15, 0.2) is 0 Å². The number of nitrogens with one attached hydrogen (secondary N) is 1. The monoisotopic (exact) mass is 494 g/mol. The van der Waals surface area contributed by atoms with Gasteiger partial charge < -0.3 is 14.8 Å². The van der Waals surface area contributed by atoms with Gasteiger partial charge in [-0.05, 0) is 55.2 Å². The minimum Gasteiger partial charge on any atom is -0.496 e. The third-order valence-corrected chi connectivity index (χ3v) is 7.73. The van der Waals surface area contributed by atoms with E-state index in [2.05, 4.69) is 45.9 Å². The molecule has 0 saturated carbocycles. The van der Waals surface area contributed by atoms with Gasteiger partial charge in [0.05, 0.1) is 24.2 Å². The molecule has 0 bridgehead atoms. The van der Waals surface area contributed by atoms with Crippen molar-refractivity contribution >= 4 is 27.8 Å². The van der Waals surface area contributed by atoms with E-state index in [1.165, 1.54) is 0 Å². The van der Waals surface area contributed by atoms with Crippen molar-refractivity contribution in [1.82, 2.24) is 19.7 Å². The van der Waals surface area contributed by atoms with Gasteiger partial charge in [0.1, 0.15) is 5.75 Å². The molecular formula is C30H30N4O3. The molecule has 1 fully saturated rings. The molecule has 1 aliphatic heterocycles. The van der Waals surface area contributed by atoms with E-state index in [0.29, 0.717) is 12.1 Å². The molecule has 6 rings (SSSR count). The lowest BCUT2D eigenvalue weighted by molar-refractivity contribution is 0.0682. The molecule has 0 aliphatic carbocycles. The number of carboxylic acid groups (broad SMARTS) is 1. The number of carboxylic acids is 1. The van der Waals surface area contributed by atoms with Crippen LogP contribution >= 0.6 is 0 Å². The molecule has 0 amide bonds. The van der Waals surface area contributed by atoms with Gasteiger partial charge in [0, 0.05) is 53.4 Å². The average Bonchev–Trinajstić information content (AvgIpc) is 3.58. The number of benzene rings is 3. The zero-order valence-corrected chi connectivity index (χ0v) is 21.0. The number of hydrogen-bond acceptors (Lipinski definition) is 4. The third kappa shape index (κ3) is 4.15. The number of fused-ring (bicyclic) bond motifs is 2. The smallest absolute Gasteiger partial charge is 0.336 e. The standard InChI is InChI=1S/C30H30N4O3/c1-19-15-28(37-2)25(23-11-13-31-29(19)23)18-33-14-12-21(34-17-20-7-3-6-10-26(20)32-34)16-27(33)22-8-4-5-9-24(22)30(35)36/h3-11,13,15,17,21,27,31H,12,14,16,18H2,1-2H3,(H,35,36). The molecule has 3 aromatic carbocycles. The Hall–Kier alpha value is -4.10. The summed E-state index contributed by atoms with van der Waals surface area (Å²) in [6.45, 7) is 3.54. The lowest BCUT2D eigenvalue weighted by atomic mass is 9.88. The Balaban J connectivity index is 1.41. The largest absolute Gasteiger partial charge is 0.496 e. The average molecular weight is 495 g/mol. The van der Waals surface area contributed by atoms with Gasteiger partial charge in [-0.3, -0.25) is 9.58 Å². The molecular weight excluding hydrogens is 464 g/mol. The fraction of sp³-hybridized carbons (Fsp3) is 0.267. The number of carbonyl (C=O) groups is 1. The summed E-state index contributed by atoms with van der Waals surface area (Å²) >= 11 is 0. The molecule has 188 valence electrons. The maximum atomic E-state index is 12.2. The molecule has 3 heterocycles. The Bertz CT molecular complexity index is 1570. The van der Waals surface area contributed by atoms with Gasteiger partial charge in [0.25, 0.3) is 0 Å². The van der Waals surface area contributed by atoms with Gasteiger partial charge in [-0.2, -0.15) is 5.10 Å². The summed E-state index contributed by atoms with van der Waals surface area (Å²) in [5, 5.41) is 17.1. The second-order valence-electron chi connectivity index (χ2n) is 9.87. The van der Waals surface area contributed by atoms with Crippen LogP contribution in [-0.4, -0.2) is 44.4 Å². The number of aromatic amines is 1. The summed E-state index contributed by atoms with van der Waals surface area (Å²) in [7, 11) is 1.71. The molecule has 1 aliphatic rings. The minimum atomic E-state index is -0.900. The molecule has 2 aromatic heterocycles. The first-order valence-electron chi connectivity index (χ1n) is 12.7. The number of likely N-dealkylation sites (tertiary alicyclic amines) is 1. The normalized spacial score (nSPS) is 18.4. The van der Waals surface area contributed by atoms with Crippen LogP contribution in [0.15, 0.2) is 73.1 Å². The van der Waals surface area contributed by atoms with Crippen molar-refractivity contribution < 1.29 is 14.6 Å². The van der Waals surface area contributed by atoms with E-state index in [9.17, 15) is 9.90 Å². The van der Waals surface area contributed by atoms with Crippen molar-refractivity contribution in [2.45, 2.75) is 38.4 Å². The molecule has 37 heavy (non-hydrogen) atoms. The highest BCUT2D eigenvalue weighted by molar-refractivity contribution is 5.90. The molecule has 0 radical (unpaired) electrons. The molecule has 7 heteroatoms. The molecule has 0 spiro atoms. The van der Waals surface area contributed by atoms with Gasteiger partial charge in [-0.15, -0.1) is 0 Å². The van der Waals surface area contributed by atoms with Crippen LogP contribution in [0, 0.1) is 6.92 Å². The number of piperidine rings is 1. The Kier molecular flexibility index (Phi) is 5.93. The lowest BCUT2D eigenvalue weighted by Crippen LogP contribution is -2.38. The zero-order chi connectivity index (χ0) is 25.5. The number of ether oxygens (including phenoxy) is 1. The van der Waals surface area contributed by atoms with Crippen molar-refractivity contribution in [3.63, 3.8) is 0 Å². The van der Waals surface area contributed by atoms with Crippen LogP contribution in [0.4, 0.5) is 0 Å². The molecule has 7 nitrogen and oxygen atoms in total. The molecule has 2 N–H and O–H groups in total. The minimum absolute atomic E-state index is 0.0848. The highest BCUT2D eigenvalue weighted by atomic mass is 16.5. The van der Waals surface area contributed by atoms with E-state index in [-0.39, 0.29) is 12.1 Å². The van der Waals surface area contributed by atoms with Gasteiger partial charge >= 0.3 is 5.97 Å². The number of methoxy groups -OCH3 is 1. The number of hydrogen-bond donors (Lipinski definition) is 2. The number of aromatic nitrogens is 3. The van der Waals surface area contributed by atoms with Crippen molar-refractivity contribution in [3.8, 4) is 5.75 Å². The number of rotatable bonds is 6. The van der Waals surface area contributed by atoms with Gasteiger partial charge in [-0.25, -0.2) is 4.79 Å². The third-order valence-electron chi connectivity index (χ3n) is 7.73. The summed E-state index contributed by atoms with van der Waals surface area (Å²) in [6, 6.07) is 19.8. The fourth-order valence-electron chi connectivity index (χ4n) is 5.89. The molecule has 1 saturated heterocycles. The first-order chi connectivity index (χ1) is 18.0. The second kappa shape index (κ2) is 9.41. The molecule has 2 unspecified atom stereocenters. The number of aryl methyl sites for hydroxylation is 1. The summed E-state index contributed by atoms with van der Waals surface area (Å²) in [6.07, 6.45) is 5.77. The first kappa shape index (κ1) is 23.3. The van der Waals surface area contributed by atoms with E-state index < -0.39 is 5.97 Å². The quantitative estimate of drug-likeness (QED) is 0.298. The Morgan fingerprint density at radius 3 is 2.78 bits per heavy atom. The zero-order valence-electron chi connectivity index (χ0n) is 21.0. The van der Waals surface area contributed by atoms with Crippen LogP contribution in [-0.2, 0) is 6.54 Å². The fourth-order valence-corrected chi connectivity index (χ4v) is 5.89. The topological polar surface area (TPSA) is 83.4 Å². The van der Waals surface area contributed by atoms with Crippen LogP contribution < -0.4 is 4.74 Å². The number of aromatic carboxylic acids is 1. The number of H-pyrrole nitrogens is 1. The maximum Gasteiger partial charge on any atom is 0.336 e. The second-order valence-corrected chi connectivity index (χ2v) is 9.87. The molecule has 2 atom stereocenters. The van der Waals surface area contributed by atoms with Gasteiger partial charge in [0.2, 0.25) is 0 Å². The molecule has 5 aromatic rings. The van der Waals surface area contributed by atoms with Crippen LogP contribution in [0.5, 0.6) is 5.75 Å². The van der Waals surface area contributed by atoms with E-state index >= 15 is 0 Å². The summed E-state index contributed by atoms with van der Waals surface area (Å²) < 4.78 is 7.90. The Morgan fingerprint density at radius 2 is 1.97 bits per heavy atom. The summed E-state index contributed by atoms with van der Waals surface area (Å²) in [5.74, 6) is -0.0428. The predicted octanol–water partition coefficient (Wildman–Crippen LogP) is 6.11. The maximum absolute atomic E-state index is 12.2. The van der Waals surface area contributed by atoms with E-state index in [1.807, 2.05) is 36.5 Å². The highest BCUT2D eigenvalue weighted by Gasteiger charge is 2.34. The van der Waals surface area contributed by atoms with Crippen LogP contribution in [0.25, 0.3) is 21.8 Å². The van der Waals surface area contributed by atoms with Crippen molar-refractivity contribution in [3.05, 3.63) is 95.3 Å². The Labute approximate surface area is 215 Å². The van der Waals surface area contributed by atoms with Crippen molar-refractivity contribution in [1.29, 1.82) is 0 Å². The Morgan fingerprint density at radius 1 is 1.16 bits per heavy atom. The highest BCUT2D eigenvalue weighted by Crippen LogP contribution is 2.41. The van der Waals surface area contributed by atoms with Crippen LogP contribution in [0.2, 0.25) is 0 Å². The number of nitrogens with zero attached hydrogens (tertiary/aromatic N) is 3. The van der Waals surface area contributed by atoms with E-state index in [1.54, 1.807) is 19.2 Å².